The Balaban J connectivity index is 2.09. The lowest BCUT2D eigenvalue weighted by atomic mass is 10.1. The smallest absolute Gasteiger partial charge is 0.163 e. The maximum absolute atomic E-state index is 4.28. The summed E-state index contributed by atoms with van der Waals surface area (Å²) in [6.45, 7) is 1.06. The number of benzene rings is 1. The SMILES string of the molecule is c1ccc(-c2nnc3n2CCCC3)cc1. The first-order valence-corrected chi connectivity index (χ1v) is 5.42. The van der Waals surface area contributed by atoms with Crippen molar-refractivity contribution in [1.82, 2.24) is 14.8 Å². The van der Waals surface area contributed by atoms with Crippen LogP contribution in [0.5, 0.6) is 0 Å². The van der Waals surface area contributed by atoms with Crippen molar-refractivity contribution in [2.45, 2.75) is 25.8 Å². The zero-order valence-electron chi connectivity index (χ0n) is 8.56. The molecule has 1 aliphatic heterocycles. The molecule has 3 nitrogen and oxygen atoms in total. The molecule has 0 fully saturated rings. The Labute approximate surface area is 88.8 Å². The molecule has 76 valence electrons. The van der Waals surface area contributed by atoms with E-state index < -0.39 is 0 Å². The van der Waals surface area contributed by atoms with E-state index in [1.165, 1.54) is 12.8 Å². The molecule has 0 N–H and O–H groups in total. The molecule has 0 spiro atoms. The fourth-order valence-corrected chi connectivity index (χ4v) is 2.11. The van der Waals surface area contributed by atoms with E-state index >= 15 is 0 Å². The van der Waals surface area contributed by atoms with Crippen LogP contribution in [0.15, 0.2) is 30.3 Å². The standard InChI is InChI=1S/C12H13N3/c1-2-6-10(7-3-1)12-14-13-11-8-4-5-9-15(11)12/h1-3,6-7H,4-5,8-9H2. The molecule has 0 unspecified atom stereocenters. The van der Waals surface area contributed by atoms with Gasteiger partial charge in [0.2, 0.25) is 0 Å². The molecule has 0 bridgehead atoms. The van der Waals surface area contributed by atoms with Gasteiger partial charge in [-0.2, -0.15) is 0 Å². The minimum atomic E-state index is 1.02. The van der Waals surface area contributed by atoms with Gasteiger partial charge in [0.1, 0.15) is 5.82 Å². The van der Waals surface area contributed by atoms with Gasteiger partial charge in [-0.3, -0.25) is 0 Å². The maximum Gasteiger partial charge on any atom is 0.163 e. The van der Waals surface area contributed by atoms with Gasteiger partial charge >= 0.3 is 0 Å². The molecule has 3 heteroatoms. The third-order valence-electron chi connectivity index (χ3n) is 2.89. The van der Waals surface area contributed by atoms with Gasteiger partial charge in [-0.15, -0.1) is 10.2 Å². The monoisotopic (exact) mass is 199 g/mol. The van der Waals surface area contributed by atoms with E-state index in [4.69, 9.17) is 0 Å². The molecule has 0 saturated heterocycles. The van der Waals surface area contributed by atoms with Crippen LogP contribution in [0.3, 0.4) is 0 Å². The average Bonchev–Trinajstić information content (AvgIpc) is 2.74. The van der Waals surface area contributed by atoms with Crippen molar-refractivity contribution >= 4 is 0 Å². The second kappa shape index (κ2) is 3.50. The molecule has 0 saturated carbocycles. The van der Waals surface area contributed by atoms with Crippen LogP contribution >= 0.6 is 0 Å². The first-order valence-electron chi connectivity index (χ1n) is 5.42. The molecule has 0 radical (unpaired) electrons. The molecule has 1 aromatic heterocycles. The summed E-state index contributed by atoms with van der Waals surface area (Å²) in [5.74, 6) is 2.16. The Bertz CT molecular complexity index is 459. The predicted molar refractivity (Wildman–Crippen MR) is 58.4 cm³/mol. The first-order chi connectivity index (χ1) is 7.45. The molecule has 3 rings (SSSR count). The maximum atomic E-state index is 4.28. The van der Waals surface area contributed by atoms with Crippen molar-refractivity contribution in [3.8, 4) is 11.4 Å². The molecule has 0 atom stereocenters. The van der Waals surface area contributed by atoms with Crippen molar-refractivity contribution in [3.05, 3.63) is 36.2 Å². The highest BCUT2D eigenvalue weighted by Gasteiger charge is 2.16. The fourth-order valence-electron chi connectivity index (χ4n) is 2.11. The van der Waals surface area contributed by atoms with Gasteiger partial charge < -0.3 is 4.57 Å². The average molecular weight is 199 g/mol. The Kier molecular flexibility index (Phi) is 2.02. The molecular weight excluding hydrogens is 186 g/mol. The zero-order chi connectivity index (χ0) is 10.1. The predicted octanol–water partition coefficient (Wildman–Crippen LogP) is 2.28. The van der Waals surface area contributed by atoms with Crippen LogP contribution in [0.25, 0.3) is 11.4 Å². The summed E-state index contributed by atoms with van der Waals surface area (Å²) in [6, 6.07) is 10.3. The van der Waals surface area contributed by atoms with Gasteiger partial charge in [0.05, 0.1) is 0 Å². The molecule has 2 heterocycles. The van der Waals surface area contributed by atoms with Crippen molar-refractivity contribution in [3.63, 3.8) is 0 Å². The molecule has 15 heavy (non-hydrogen) atoms. The topological polar surface area (TPSA) is 30.7 Å². The number of aryl methyl sites for hydroxylation is 1. The van der Waals surface area contributed by atoms with E-state index in [0.29, 0.717) is 0 Å². The summed E-state index contributed by atoms with van der Waals surface area (Å²) in [7, 11) is 0. The summed E-state index contributed by atoms with van der Waals surface area (Å²) in [6.07, 6.45) is 3.55. The summed E-state index contributed by atoms with van der Waals surface area (Å²) < 4.78 is 2.25. The second-order valence-electron chi connectivity index (χ2n) is 3.91. The number of hydrogen-bond donors (Lipinski definition) is 0. The summed E-state index contributed by atoms with van der Waals surface area (Å²) in [4.78, 5) is 0. The van der Waals surface area contributed by atoms with Crippen LogP contribution in [0.2, 0.25) is 0 Å². The molecule has 2 aromatic rings. The van der Waals surface area contributed by atoms with Crippen molar-refractivity contribution in [2.75, 3.05) is 0 Å². The number of nitrogens with zero attached hydrogens (tertiary/aromatic N) is 3. The van der Waals surface area contributed by atoms with Gasteiger partial charge in [-0.05, 0) is 12.8 Å². The number of hydrogen-bond acceptors (Lipinski definition) is 2. The van der Waals surface area contributed by atoms with Crippen LogP contribution in [-0.2, 0) is 13.0 Å². The third-order valence-corrected chi connectivity index (χ3v) is 2.89. The molecular formula is C12H13N3. The lowest BCUT2D eigenvalue weighted by Gasteiger charge is -2.14. The lowest BCUT2D eigenvalue weighted by Crippen LogP contribution is -2.11. The van der Waals surface area contributed by atoms with E-state index in [1.807, 2.05) is 18.2 Å². The van der Waals surface area contributed by atoms with E-state index in [2.05, 4.69) is 26.9 Å². The van der Waals surface area contributed by atoms with Crippen LogP contribution in [0.1, 0.15) is 18.7 Å². The second-order valence-corrected chi connectivity index (χ2v) is 3.91. The van der Waals surface area contributed by atoms with Crippen LogP contribution < -0.4 is 0 Å². The Hall–Kier alpha value is -1.64. The zero-order valence-corrected chi connectivity index (χ0v) is 8.56. The normalized spacial score (nSPS) is 14.9. The van der Waals surface area contributed by atoms with Gasteiger partial charge in [0.15, 0.2) is 5.82 Å². The lowest BCUT2D eigenvalue weighted by molar-refractivity contribution is 0.526. The van der Waals surface area contributed by atoms with Gasteiger partial charge in [0.25, 0.3) is 0 Å². The van der Waals surface area contributed by atoms with E-state index in [9.17, 15) is 0 Å². The number of aromatic nitrogens is 3. The van der Waals surface area contributed by atoms with Crippen molar-refractivity contribution in [1.29, 1.82) is 0 Å². The highest BCUT2D eigenvalue weighted by Crippen LogP contribution is 2.22. The number of rotatable bonds is 1. The van der Waals surface area contributed by atoms with E-state index in [0.717, 1.165) is 30.2 Å². The number of fused-ring (bicyclic) bond motifs is 1. The largest absolute Gasteiger partial charge is 0.311 e. The van der Waals surface area contributed by atoms with Crippen molar-refractivity contribution < 1.29 is 0 Å². The quantitative estimate of drug-likeness (QED) is 0.705. The summed E-state index contributed by atoms with van der Waals surface area (Å²) in [5, 5.41) is 8.53. The van der Waals surface area contributed by atoms with Crippen molar-refractivity contribution in [2.24, 2.45) is 0 Å². The highest BCUT2D eigenvalue weighted by atomic mass is 15.3. The molecule has 0 amide bonds. The van der Waals surface area contributed by atoms with E-state index in [-0.39, 0.29) is 0 Å². The fraction of sp³-hybridized carbons (Fsp3) is 0.333. The van der Waals surface area contributed by atoms with Gasteiger partial charge in [0, 0.05) is 18.5 Å². The van der Waals surface area contributed by atoms with Gasteiger partial charge in [-0.25, -0.2) is 0 Å². The van der Waals surface area contributed by atoms with Crippen LogP contribution in [0.4, 0.5) is 0 Å². The van der Waals surface area contributed by atoms with Crippen LogP contribution in [0, 0.1) is 0 Å². The Morgan fingerprint density at radius 3 is 2.73 bits per heavy atom. The summed E-state index contributed by atoms with van der Waals surface area (Å²) in [5.41, 5.74) is 1.16. The minimum absolute atomic E-state index is 1.02. The molecule has 0 aliphatic carbocycles. The Morgan fingerprint density at radius 2 is 1.87 bits per heavy atom. The van der Waals surface area contributed by atoms with Gasteiger partial charge in [-0.1, -0.05) is 30.3 Å². The first kappa shape index (κ1) is 8.65. The molecule has 1 aromatic carbocycles. The Morgan fingerprint density at radius 1 is 1.00 bits per heavy atom. The minimum Gasteiger partial charge on any atom is -0.311 e. The third kappa shape index (κ3) is 1.44. The van der Waals surface area contributed by atoms with Crippen LogP contribution in [-0.4, -0.2) is 14.8 Å². The van der Waals surface area contributed by atoms with E-state index in [1.54, 1.807) is 0 Å². The molecule has 1 aliphatic rings. The highest BCUT2D eigenvalue weighted by molar-refractivity contribution is 5.55. The summed E-state index contributed by atoms with van der Waals surface area (Å²) >= 11 is 0.